The number of rotatable bonds is 2. The molecule has 1 unspecified atom stereocenters. The maximum absolute atomic E-state index is 13.0. The third kappa shape index (κ3) is 2.50. The molecule has 2 nitrogen and oxygen atoms in total. The van der Waals surface area contributed by atoms with E-state index < -0.39 is 17.3 Å². The SMILES string of the molecule is Cc1ccsc1C(C)(O)c1cnccc1C(F)(F)F. The summed E-state index contributed by atoms with van der Waals surface area (Å²) in [6.07, 6.45) is -2.38. The Kier molecular flexibility index (Phi) is 3.40. The molecular formula is C13H12F3NOS. The molecule has 0 aliphatic carbocycles. The van der Waals surface area contributed by atoms with E-state index in [4.69, 9.17) is 0 Å². The quantitative estimate of drug-likeness (QED) is 0.913. The minimum atomic E-state index is -4.52. The van der Waals surface area contributed by atoms with E-state index in [9.17, 15) is 18.3 Å². The molecule has 0 radical (unpaired) electrons. The monoisotopic (exact) mass is 287 g/mol. The minimum absolute atomic E-state index is 0.229. The van der Waals surface area contributed by atoms with Crippen LogP contribution in [0, 0.1) is 6.92 Å². The molecule has 0 fully saturated rings. The minimum Gasteiger partial charge on any atom is -0.380 e. The molecule has 6 heteroatoms. The Morgan fingerprint density at radius 2 is 1.89 bits per heavy atom. The number of hydrogen-bond donors (Lipinski definition) is 1. The van der Waals surface area contributed by atoms with Crippen molar-refractivity contribution in [1.29, 1.82) is 0 Å². The van der Waals surface area contributed by atoms with Crippen LogP contribution in [0.4, 0.5) is 13.2 Å². The molecule has 0 spiro atoms. The number of hydrogen-bond acceptors (Lipinski definition) is 3. The van der Waals surface area contributed by atoms with Gasteiger partial charge in [-0.3, -0.25) is 4.98 Å². The van der Waals surface area contributed by atoms with Crippen molar-refractivity contribution in [2.75, 3.05) is 0 Å². The molecule has 0 aliphatic rings. The molecule has 19 heavy (non-hydrogen) atoms. The second-order valence-electron chi connectivity index (χ2n) is 4.42. The molecule has 0 saturated heterocycles. The van der Waals surface area contributed by atoms with Gasteiger partial charge in [0.1, 0.15) is 5.60 Å². The van der Waals surface area contributed by atoms with Crippen molar-refractivity contribution in [2.45, 2.75) is 25.6 Å². The summed E-state index contributed by atoms with van der Waals surface area (Å²) in [5, 5.41) is 12.3. The van der Waals surface area contributed by atoms with Crippen molar-refractivity contribution in [3.05, 3.63) is 51.5 Å². The van der Waals surface area contributed by atoms with Gasteiger partial charge in [0.15, 0.2) is 0 Å². The molecule has 0 aromatic carbocycles. The summed E-state index contributed by atoms with van der Waals surface area (Å²) in [5.41, 5.74) is -2.04. The second kappa shape index (κ2) is 4.61. The van der Waals surface area contributed by atoms with Crippen LogP contribution in [-0.4, -0.2) is 10.1 Å². The Morgan fingerprint density at radius 1 is 1.21 bits per heavy atom. The predicted octanol–water partition coefficient (Wildman–Crippen LogP) is 3.73. The molecule has 0 saturated carbocycles. The van der Waals surface area contributed by atoms with Gasteiger partial charge in [0.25, 0.3) is 0 Å². The highest BCUT2D eigenvalue weighted by Crippen LogP contribution is 2.41. The second-order valence-corrected chi connectivity index (χ2v) is 5.34. The zero-order valence-electron chi connectivity index (χ0n) is 10.3. The summed E-state index contributed by atoms with van der Waals surface area (Å²) in [4.78, 5) is 4.20. The van der Waals surface area contributed by atoms with Crippen LogP contribution in [0.3, 0.4) is 0 Å². The summed E-state index contributed by atoms with van der Waals surface area (Å²) in [6, 6.07) is 2.64. The number of nitrogens with zero attached hydrogens (tertiary/aromatic N) is 1. The molecule has 2 rings (SSSR count). The Labute approximate surface area is 112 Å². The van der Waals surface area contributed by atoms with Gasteiger partial charge in [-0.15, -0.1) is 11.3 Å². The summed E-state index contributed by atoms with van der Waals surface area (Å²) in [7, 11) is 0. The molecule has 2 heterocycles. The number of aryl methyl sites for hydroxylation is 1. The highest BCUT2D eigenvalue weighted by atomic mass is 32.1. The van der Waals surface area contributed by atoms with E-state index in [1.807, 2.05) is 0 Å². The van der Waals surface area contributed by atoms with Crippen molar-refractivity contribution >= 4 is 11.3 Å². The van der Waals surface area contributed by atoms with Gasteiger partial charge in [0.2, 0.25) is 0 Å². The van der Waals surface area contributed by atoms with Crippen LogP contribution in [0.15, 0.2) is 29.9 Å². The van der Waals surface area contributed by atoms with Gasteiger partial charge in [-0.2, -0.15) is 13.2 Å². The highest BCUT2D eigenvalue weighted by molar-refractivity contribution is 7.10. The molecule has 2 aromatic heterocycles. The van der Waals surface area contributed by atoms with Crippen LogP contribution >= 0.6 is 11.3 Å². The third-order valence-electron chi connectivity index (χ3n) is 2.96. The molecule has 1 N–H and O–H groups in total. The number of aliphatic hydroxyl groups is 1. The number of pyridine rings is 1. The molecule has 102 valence electrons. The van der Waals surface area contributed by atoms with Crippen molar-refractivity contribution in [2.24, 2.45) is 0 Å². The fraction of sp³-hybridized carbons (Fsp3) is 0.308. The Hall–Kier alpha value is -1.40. The average Bonchev–Trinajstić information content (AvgIpc) is 2.75. The first-order valence-electron chi connectivity index (χ1n) is 5.53. The van der Waals surface area contributed by atoms with Gasteiger partial charge in [0.05, 0.1) is 5.56 Å². The van der Waals surface area contributed by atoms with E-state index >= 15 is 0 Å². The molecule has 0 amide bonds. The maximum atomic E-state index is 13.0. The van der Waals surface area contributed by atoms with Gasteiger partial charge < -0.3 is 5.11 Å². The Balaban J connectivity index is 2.62. The van der Waals surface area contributed by atoms with Crippen LogP contribution in [0.1, 0.15) is 28.5 Å². The topological polar surface area (TPSA) is 33.1 Å². The van der Waals surface area contributed by atoms with Crippen molar-refractivity contribution in [3.63, 3.8) is 0 Å². The normalized spacial score (nSPS) is 15.3. The highest BCUT2D eigenvalue weighted by Gasteiger charge is 2.40. The largest absolute Gasteiger partial charge is 0.416 e. The van der Waals surface area contributed by atoms with E-state index in [-0.39, 0.29) is 5.56 Å². The van der Waals surface area contributed by atoms with E-state index in [0.29, 0.717) is 4.88 Å². The molecule has 1 atom stereocenters. The summed E-state index contributed by atoms with van der Waals surface area (Å²) in [5.74, 6) is 0. The Morgan fingerprint density at radius 3 is 2.42 bits per heavy atom. The van der Waals surface area contributed by atoms with Crippen LogP contribution in [-0.2, 0) is 11.8 Å². The molecule has 0 aliphatic heterocycles. The number of thiophene rings is 1. The van der Waals surface area contributed by atoms with Crippen LogP contribution < -0.4 is 0 Å². The third-order valence-corrected chi connectivity index (χ3v) is 4.18. The fourth-order valence-corrected chi connectivity index (χ4v) is 3.02. The number of alkyl halides is 3. The Bertz CT molecular complexity index is 590. The molecular weight excluding hydrogens is 275 g/mol. The lowest BCUT2D eigenvalue weighted by atomic mass is 9.90. The van der Waals surface area contributed by atoms with E-state index in [0.717, 1.165) is 24.0 Å². The first-order chi connectivity index (χ1) is 8.74. The van der Waals surface area contributed by atoms with Gasteiger partial charge >= 0.3 is 6.18 Å². The molecule has 0 bridgehead atoms. The van der Waals surface area contributed by atoms with E-state index in [1.165, 1.54) is 18.3 Å². The van der Waals surface area contributed by atoms with Gasteiger partial charge in [0, 0.05) is 22.8 Å². The smallest absolute Gasteiger partial charge is 0.380 e. The first-order valence-corrected chi connectivity index (χ1v) is 6.41. The summed E-state index contributed by atoms with van der Waals surface area (Å²) in [6.45, 7) is 3.11. The van der Waals surface area contributed by atoms with Crippen LogP contribution in [0.2, 0.25) is 0 Å². The van der Waals surface area contributed by atoms with Crippen molar-refractivity contribution in [1.82, 2.24) is 4.98 Å². The lowest BCUT2D eigenvalue weighted by molar-refractivity contribution is -0.140. The lowest BCUT2D eigenvalue weighted by Gasteiger charge is -2.26. The van der Waals surface area contributed by atoms with Gasteiger partial charge in [-0.05, 0) is 36.9 Å². The van der Waals surface area contributed by atoms with Gasteiger partial charge in [-0.1, -0.05) is 0 Å². The lowest BCUT2D eigenvalue weighted by Crippen LogP contribution is -2.27. The van der Waals surface area contributed by atoms with Crippen molar-refractivity contribution in [3.8, 4) is 0 Å². The summed E-state index contributed by atoms with van der Waals surface area (Å²) < 4.78 is 39.0. The predicted molar refractivity (Wildman–Crippen MR) is 67.0 cm³/mol. The van der Waals surface area contributed by atoms with Crippen LogP contribution in [0.5, 0.6) is 0 Å². The standard InChI is InChI=1S/C13H12F3NOS/c1-8-4-6-19-11(8)12(2,18)10-7-17-5-3-9(10)13(14,15)16/h3-7,18H,1-2H3. The van der Waals surface area contributed by atoms with Crippen molar-refractivity contribution < 1.29 is 18.3 Å². The van der Waals surface area contributed by atoms with E-state index in [1.54, 1.807) is 18.4 Å². The number of aromatic nitrogens is 1. The fourth-order valence-electron chi connectivity index (χ4n) is 2.02. The average molecular weight is 287 g/mol. The van der Waals surface area contributed by atoms with Gasteiger partial charge in [-0.25, -0.2) is 0 Å². The van der Waals surface area contributed by atoms with Crippen LogP contribution in [0.25, 0.3) is 0 Å². The first kappa shape index (κ1) is 14.0. The summed E-state index contributed by atoms with van der Waals surface area (Å²) >= 11 is 1.23. The zero-order chi connectivity index (χ0) is 14.3. The van der Waals surface area contributed by atoms with E-state index in [2.05, 4.69) is 4.98 Å². The zero-order valence-corrected chi connectivity index (χ0v) is 11.1. The molecule has 2 aromatic rings. The maximum Gasteiger partial charge on any atom is 0.416 e. The number of halogens is 3.